The van der Waals surface area contributed by atoms with Crippen molar-refractivity contribution in [2.24, 2.45) is 0 Å². The van der Waals surface area contributed by atoms with Crippen molar-refractivity contribution in [3.8, 4) is 11.5 Å². The highest BCUT2D eigenvalue weighted by molar-refractivity contribution is 6.30. The molecule has 0 saturated heterocycles. The molecule has 0 saturated carbocycles. The van der Waals surface area contributed by atoms with Crippen LogP contribution in [0.4, 0.5) is 0 Å². The molecule has 0 radical (unpaired) electrons. The van der Waals surface area contributed by atoms with E-state index in [1.807, 2.05) is 45.2 Å². The van der Waals surface area contributed by atoms with Gasteiger partial charge in [-0.15, -0.1) is 0 Å². The SMILES string of the molecule is CCC(NC)c1ccc(Oc2c(C)cc(Cl)cc2C)cn1. The fraction of sp³-hybridized carbons (Fsp3) is 0.353. The Morgan fingerprint density at radius 3 is 2.38 bits per heavy atom. The summed E-state index contributed by atoms with van der Waals surface area (Å²) >= 11 is 6.04. The number of rotatable bonds is 5. The predicted molar refractivity (Wildman–Crippen MR) is 87.3 cm³/mol. The van der Waals surface area contributed by atoms with Gasteiger partial charge in [0, 0.05) is 11.1 Å². The smallest absolute Gasteiger partial charge is 0.145 e. The fourth-order valence-corrected chi connectivity index (χ4v) is 2.72. The number of ether oxygens (including phenoxy) is 1. The molecule has 0 aliphatic carbocycles. The van der Waals surface area contributed by atoms with Crippen molar-refractivity contribution < 1.29 is 4.74 Å². The first-order valence-corrected chi connectivity index (χ1v) is 7.50. The number of aromatic nitrogens is 1. The Morgan fingerprint density at radius 1 is 1.24 bits per heavy atom. The van der Waals surface area contributed by atoms with E-state index in [4.69, 9.17) is 16.3 Å². The molecular weight excluding hydrogens is 284 g/mol. The van der Waals surface area contributed by atoms with Gasteiger partial charge in [0.05, 0.1) is 11.9 Å². The van der Waals surface area contributed by atoms with Gasteiger partial charge in [-0.25, -0.2) is 0 Å². The van der Waals surface area contributed by atoms with Gasteiger partial charge >= 0.3 is 0 Å². The molecule has 3 nitrogen and oxygen atoms in total. The number of aryl methyl sites for hydroxylation is 2. The van der Waals surface area contributed by atoms with Crippen LogP contribution in [0, 0.1) is 13.8 Å². The van der Waals surface area contributed by atoms with Crippen LogP contribution < -0.4 is 10.1 Å². The molecule has 0 spiro atoms. The van der Waals surface area contributed by atoms with Crippen LogP contribution in [0.25, 0.3) is 0 Å². The number of hydrogen-bond acceptors (Lipinski definition) is 3. The van der Waals surface area contributed by atoms with E-state index in [1.54, 1.807) is 6.20 Å². The first-order valence-electron chi connectivity index (χ1n) is 7.13. The Labute approximate surface area is 131 Å². The van der Waals surface area contributed by atoms with Crippen LogP contribution in [0.5, 0.6) is 11.5 Å². The normalized spacial score (nSPS) is 12.2. The summed E-state index contributed by atoms with van der Waals surface area (Å²) in [5.41, 5.74) is 3.06. The van der Waals surface area contributed by atoms with Crippen molar-refractivity contribution in [1.82, 2.24) is 10.3 Å². The van der Waals surface area contributed by atoms with Crippen molar-refractivity contribution in [1.29, 1.82) is 0 Å². The molecular formula is C17H21ClN2O. The molecule has 1 heterocycles. The molecule has 2 rings (SSSR count). The molecule has 0 aliphatic rings. The van der Waals surface area contributed by atoms with Gasteiger partial charge in [0.1, 0.15) is 11.5 Å². The number of pyridine rings is 1. The monoisotopic (exact) mass is 304 g/mol. The van der Waals surface area contributed by atoms with E-state index in [2.05, 4.69) is 17.2 Å². The van der Waals surface area contributed by atoms with E-state index in [0.717, 1.165) is 39.8 Å². The van der Waals surface area contributed by atoms with Crippen LogP contribution in [0.3, 0.4) is 0 Å². The quantitative estimate of drug-likeness (QED) is 0.860. The van der Waals surface area contributed by atoms with Gasteiger partial charge in [-0.3, -0.25) is 4.98 Å². The lowest BCUT2D eigenvalue weighted by molar-refractivity contribution is 0.470. The molecule has 21 heavy (non-hydrogen) atoms. The third-order valence-corrected chi connectivity index (χ3v) is 3.74. The lowest BCUT2D eigenvalue weighted by Crippen LogP contribution is -2.16. The lowest BCUT2D eigenvalue weighted by Gasteiger charge is -2.15. The second-order valence-corrected chi connectivity index (χ2v) is 5.58. The number of hydrogen-bond donors (Lipinski definition) is 1. The summed E-state index contributed by atoms with van der Waals surface area (Å²) in [4.78, 5) is 4.48. The molecule has 1 atom stereocenters. The summed E-state index contributed by atoms with van der Waals surface area (Å²) in [6.07, 6.45) is 2.77. The molecule has 1 aromatic heterocycles. The minimum Gasteiger partial charge on any atom is -0.455 e. The molecule has 0 bridgehead atoms. The molecule has 112 valence electrons. The van der Waals surface area contributed by atoms with Crippen molar-refractivity contribution >= 4 is 11.6 Å². The largest absolute Gasteiger partial charge is 0.455 e. The van der Waals surface area contributed by atoms with Crippen molar-refractivity contribution in [3.63, 3.8) is 0 Å². The lowest BCUT2D eigenvalue weighted by atomic mass is 10.1. The Morgan fingerprint density at radius 2 is 1.90 bits per heavy atom. The van der Waals surface area contributed by atoms with E-state index in [-0.39, 0.29) is 6.04 Å². The van der Waals surface area contributed by atoms with E-state index < -0.39 is 0 Å². The number of halogens is 1. The molecule has 1 unspecified atom stereocenters. The van der Waals surface area contributed by atoms with Gasteiger partial charge in [-0.1, -0.05) is 18.5 Å². The van der Waals surface area contributed by atoms with E-state index in [0.29, 0.717) is 0 Å². The third kappa shape index (κ3) is 3.74. The van der Waals surface area contributed by atoms with Crippen molar-refractivity contribution in [2.45, 2.75) is 33.2 Å². The zero-order chi connectivity index (χ0) is 15.4. The molecule has 2 aromatic rings. The first-order chi connectivity index (χ1) is 10.0. The highest BCUT2D eigenvalue weighted by Crippen LogP contribution is 2.31. The molecule has 1 aromatic carbocycles. The fourth-order valence-electron chi connectivity index (χ4n) is 2.40. The topological polar surface area (TPSA) is 34.1 Å². The second-order valence-electron chi connectivity index (χ2n) is 5.14. The van der Waals surface area contributed by atoms with Crippen LogP contribution in [-0.2, 0) is 0 Å². The number of nitrogens with one attached hydrogen (secondary N) is 1. The van der Waals surface area contributed by atoms with Gasteiger partial charge in [-0.05, 0) is 62.7 Å². The standard InChI is InChI=1S/C17H21ClN2O/c1-5-15(19-4)16-7-6-14(10-20-16)21-17-11(2)8-13(18)9-12(17)3/h6-10,15,19H,5H2,1-4H3. The van der Waals surface area contributed by atoms with Gasteiger partial charge < -0.3 is 10.1 Å². The van der Waals surface area contributed by atoms with Gasteiger partial charge in [0.15, 0.2) is 0 Å². The van der Waals surface area contributed by atoms with Crippen LogP contribution in [0.2, 0.25) is 5.02 Å². The summed E-state index contributed by atoms with van der Waals surface area (Å²) in [7, 11) is 1.95. The van der Waals surface area contributed by atoms with Gasteiger partial charge in [0.25, 0.3) is 0 Å². The Balaban J connectivity index is 2.21. The average Bonchev–Trinajstić information content (AvgIpc) is 2.45. The highest BCUT2D eigenvalue weighted by Gasteiger charge is 2.10. The zero-order valence-electron chi connectivity index (χ0n) is 12.9. The molecule has 4 heteroatoms. The van der Waals surface area contributed by atoms with Crippen molar-refractivity contribution in [3.05, 3.63) is 52.3 Å². The van der Waals surface area contributed by atoms with Crippen LogP contribution in [0.1, 0.15) is 36.2 Å². The number of benzene rings is 1. The predicted octanol–water partition coefficient (Wildman–Crippen LogP) is 4.81. The maximum absolute atomic E-state index is 6.04. The average molecular weight is 305 g/mol. The highest BCUT2D eigenvalue weighted by atomic mass is 35.5. The minimum atomic E-state index is 0.276. The summed E-state index contributed by atoms with van der Waals surface area (Å²) in [5, 5.41) is 3.97. The summed E-state index contributed by atoms with van der Waals surface area (Å²) in [6, 6.07) is 8.04. The molecule has 0 amide bonds. The van der Waals surface area contributed by atoms with Gasteiger partial charge in [-0.2, -0.15) is 0 Å². The minimum absolute atomic E-state index is 0.276. The van der Waals surface area contributed by atoms with E-state index in [1.165, 1.54) is 0 Å². The molecule has 1 N–H and O–H groups in total. The van der Waals surface area contributed by atoms with Crippen LogP contribution in [0.15, 0.2) is 30.5 Å². The maximum atomic E-state index is 6.04. The Hall–Kier alpha value is -1.58. The summed E-state index contributed by atoms with van der Waals surface area (Å²) < 4.78 is 5.96. The zero-order valence-corrected chi connectivity index (χ0v) is 13.7. The van der Waals surface area contributed by atoms with Crippen LogP contribution >= 0.6 is 11.6 Å². The molecule has 0 aliphatic heterocycles. The maximum Gasteiger partial charge on any atom is 0.145 e. The first kappa shape index (κ1) is 15.8. The second kappa shape index (κ2) is 6.92. The summed E-state index contributed by atoms with van der Waals surface area (Å²) in [6.45, 7) is 6.11. The number of nitrogens with zero attached hydrogens (tertiary/aromatic N) is 1. The van der Waals surface area contributed by atoms with Gasteiger partial charge in [0.2, 0.25) is 0 Å². The summed E-state index contributed by atoms with van der Waals surface area (Å²) in [5.74, 6) is 1.58. The molecule has 0 fully saturated rings. The van der Waals surface area contributed by atoms with Crippen LogP contribution in [-0.4, -0.2) is 12.0 Å². The van der Waals surface area contributed by atoms with E-state index in [9.17, 15) is 0 Å². The Bertz CT molecular complexity index is 584. The Kier molecular flexibility index (Phi) is 5.21. The van der Waals surface area contributed by atoms with E-state index >= 15 is 0 Å². The third-order valence-electron chi connectivity index (χ3n) is 3.52. The van der Waals surface area contributed by atoms with Crippen molar-refractivity contribution in [2.75, 3.05) is 7.05 Å².